The van der Waals surface area contributed by atoms with Crippen molar-refractivity contribution < 1.29 is 9.90 Å². The Bertz CT molecular complexity index is 509. The number of hydrogen-bond donors (Lipinski definition) is 2. The van der Waals surface area contributed by atoms with Crippen molar-refractivity contribution in [2.24, 2.45) is 0 Å². The highest BCUT2D eigenvalue weighted by atomic mass is 35.5. The van der Waals surface area contributed by atoms with E-state index in [0.717, 1.165) is 22.3 Å². The van der Waals surface area contributed by atoms with E-state index in [9.17, 15) is 4.79 Å². The maximum absolute atomic E-state index is 10.4. The summed E-state index contributed by atoms with van der Waals surface area (Å²) >= 11 is 8.42. The average Bonchev–Trinajstić information content (AvgIpc) is 2.83. The van der Waals surface area contributed by atoms with E-state index in [0.29, 0.717) is 9.49 Å². The number of rotatable bonds is 4. The molecule has 0 atom stereocenters. The van der Waals surface area contributed by atoms with Gasteiger partial charge in [-0.05, 0) is 12.1 Å². The molecule has 0 spiro atoms. The predicted octanol–water partition coefficient (Wildman–Crippen LogP) is 2.97. The molecule has 0 aliphatic heterocycles. The first kappa shape index (κ1) is 11.5. The number of carboxylic acids is 1. The lowest BCUT2D eigenvalue weighted by molar-refractivity contribution is -0.133. The molecular weight excluding hydrogens is 268 g/mol. The van der Waals surface area contributed by atoms with Gasteiger partial charge in [0.05, 0.1) is 26.9 Å². The van der Waals surface area contributed by atoms with Gasteiger partial charge < -0.3 is 10.1 Å². The van der Waals surface area contributed by atoms with Gasteiger partial charge in [0.25, 0.3) is 0 Å². The lowest BCUT2D eigenvalue weighted by Gasteiger charge is -1.92. The molecule has 0 bridgehead atoms. The Morgan fingerprint density at radius 3 is 3.06 bits per heavy atom. The molecule has 0 fully saturated rings. The van der Waals surface area contributed by atoms with Gasteiger partial charge in [-0.2, -0.15) is 0 Å². The van der Waals surface area contributed by atoms with E-state index >= 15 is 0 Å². The molecule has 2 aromatic rings. The van der Waals surface area contributed by atoms with Crippen LogP contribution in [0, 0.1) is 0 Å². The lowest BCUT2D eigenvalue weighted by atomic mass is 10.4. The average molecular weight is 275 g/mol. The van der Waals surface area contributed by atoms with E-state index in [4.69, 9.17) is 16.7 Å². The highest BCUT2D eigenvalue weighted by molar-refractivity contribution is 7.99. The number of imidazole rings is 1. The van der Waals surface area contributed by atoms with E-state index in [1.807, 2.05) is 12.1 Å². The SMILES string of the molecule is O=C(O)CSc1ncc(-c2ccc(Cl)s2)[nH]1. The summed E-state index contributed by atoms with van der Waals surface area (Å²) in [6.45, 7) is 0. The number of aromatic amines is 1. The van der Waals surface area contributed by atoms with Gasteiger partial charge in [0.2, 0.25) is 0 Å². The quantitative estimate of drug-likeness (QED) is 0.841. The molecule has 0 aromatic carbocycles. The normalized spacial score (nSPS) is 10.6. The van der Waals surface area contributed by atoms with Crippen molar-refractivity contribution in [1.82, 2.24) is 9.97 Å². The Labute approximate surface area is 105 Å². The van der Waals surface area contributed by atoms with Crippen molar-refractivity contribution in [3.8, 4) is 10.6 Å². The van der Waals surface area contributed by atoms with E-state index in [2.05, 4.69) is 9.97 Å². The molecule has 2 heterocycles. The van der Waals surface area contributed by atoms with Crippen LogP contribution in [0.15, 0.2) is 23.5 Å². The Morgan fingerprint density at radius 1 is 1.62 bits per heavy atom. The van der Waals surface area contributed by atoms with Crippen LogP contribution >= 0.6 is 34.7 Å². The molecule has 2 N–H and O–H groups in total. The topological polar surface area (TPSA) is 66.0 Å². The molecule has 0 saturated heterocycles. The molecule has 0 amide bonds. The van der Waals surface area contributed by atoms with Crippen LogP contribution in [0.4, 0.5) is 0 Å². The minimum Gasteiger partial charge on any atom is -0.481 e. The van der Waals surface area contributed by atoms with Crippen molar-refractivity contribution >= 4 is 40.7 Å². The second-order valence-electron chi connectivity index (χ2n) is 2.89. The Balaban J connectivity index is 2.10. The summed E-state index contributed by atoms with van der Waals surface area (Å²) in [6.07, 6.45) is 1.67. The molecule has 0 unspecified atom stereocenters. The highest BCUT2D eigenvalue weighted by Gasteiger charge is 2.07. The number of halogens is 1. The molecule has 16 heavy (non-hydrogen) atoms. The molecule has 7 heteroatoms. The molecule has 0 aliphatic carbocycles. The number of thiophene rings is 1. The number of thioether (sulfide) groups is 1. The predicted molar refractivity (Wildman–Crippen MR) is 65.3 cm³/mol. The summed E-state index contributed by atoms with van der Waals surface area (Å²) in [6, 6.07) is 3.71. The molecular formula is C9H7ClN2O2S2. The highest BCUT2D eigenvalue weighted by Crippen LogP contribution is 2.30. The largest absolute Gasteiger partial charge is 0.481 e. The number of H-pyrrole nitrogens is 1. The first-order chi connectivity index (χ1) is 7.65. The summed E-state index contributed by atoms with van der Waals surface area (Å²) < 4.78 is 0.712. The Kier molecular flexibility index (Phi) is 3.52. The zero-order valence-corrected chi connectivity index (χ0v) is 10.3. The number of hydrogen-bond acceptors (Lipinski definition) is 4. The Morgan fingerprint density at radius 2 is 2.44 bits per heavy atom. The summed E-state index contributed by atoms with van der Waals surface area (Å²) in [5, 5.41) is 9.12. The molecule has 0 aliphatic rings. The zero-order chi connectivity index (χ0) is 11.5. The van der Waals surface area contributed by atoms with Crippen LogP contribution in [-0.2, 0) is 4.79 Å². The van der Waals surface area contributed by atoms with E-state index in [1.54, 1.807) is 6.20 Å². The smallest absolute Gasteiger partial charge is 0.313 e. The van der Waals surface area contributed by atoms with Crippen molar-refractivity contribution in [3.63, 3.8) is 0 Å². The number of carboxylic acid groups (broad SMARTS) is 1. The second-order valence-corrected chi connectivity index (χ2v) is 5.57. The van der Waals surface area contributed by atoms with E-state index in [-0.39, 0.29) is 5.75 Å². The minimum absolute atomic E-state index is 0.00184. The fourth-order valence-electron chi connectivity index (χ4n) is 1.09. The fraction of sp³-hybridized carbons (Fsp3) is 0.111. The van der Waals surface area contributed by atoms with Crippen LogP contribution in [0.2, 0.25) is 4.34 Å². The van der Waals surface area contributed by atoms with Crippen molar-refractivity contribution in [2.75, 3.05) is 5.75 Å². The minimum atomic E-state index is -0.859. The lowest BCUT2D eigenvalue weighted by Crippen LogP contribution is -1.97. The third-order valence-electron chi connectivity index (χ3n) is 1.72. The van der Waals surface area contributed by atoms with Crippen LogP contribution in [0.3, 0.4) is 0 Å². The van der Waals surface area contributed by atoms with Gasteiger partial charge in [0.15, 0.2) is 5.16 Å². The van der Waals surface area contributed by atoms with Gasteiger partial charge in [-0.15, -0.1) is 11.3 Å². The van der Waals surface area contributed by atoms with Crippen molar-refractivity contribution in [3.05, 3.63) is 22.7 Å². The molecule has 2 rings (SSSR count). The number of aliphatic carboxylic acids is 1. The standard InChI is InChI=1S/C9H7ClN2O2S2/c10-7-2-1-6(16-7)5-3-11-9(12-5)15-4-8(13)14/h1-3H,4H2,(H,11,12)(H,13,14). The molecule has 0 radical (unpaired) electrons. The van der Waals surface area contributed by atoms with Gasteiger partial charge in [-0.1, -0.05) is 23.4 Å². The molecule has 84 valence electrons. The van der Waals surface area contributed by atoms with Gasteiger partial charge in [0, 0.05) is 0 Å². The number of aromatic nitrogens is 2. The summed E-state index contributed by atoms with van der Waals surface area (Å²) in [5.41, 5.74) is 0.852. The maximum atomic E-state index is 10.4. The van der Waals surface area contributed by atoms with E-state index in [1.165, 1.54) is 11.3 Å². The first-order valence-electron chi connectivity index (χ1n) is 4.30. The van der Waals surface area contributed by atoms with Gasteiger partial charge in [-0.3, -0.25) is 4.79 Å². The van der Waals surface area contributed by atoms with Gasteiger partial charge in [0.1, 0.15) is 0 Å². The van der Waals surface area contributed by atoms with Crippen molar-refractivity contribution in [1.29, 1.82) is 0 Å². The van der Waals surface area contributed by atoms with Crippen LogP contribution in [0.1, 0.15) is 0 Å². The number of nitrogens with zero attached hydrogens (tertiary/aromatic N) is 1. The van der Waals surface area contributed by atoms with Crippen LogP contribution in [0.5, 0.6) is 0 Å². The second kappa shape index (κ2) is 4.90. The zero-order valence-electron chi connectivity index (χ0n) is 7.94. The van der Waals surface area contributed by atoms with Crippen molar-refractivity contribution in [2.45, 2.75) is 5.16 Å². The van der Waals surface area contributed by atoms with Crippen LogP contribution in [-0.4, -0.2) is 26.8 Å². The number of nitrogens with one attached hydrogen (secondary N) is 1. The third kappa shape index (κ3) is 2.78. The van der Waals surface area contributed by atoms with Gasteiger partial charge >= 0.3 is 5.97 Å². The molecule has 4 nitrogen and oxygen atoms in total. The fourth-order valence-corrected chi connectivity index (χ4v) is 2.67. The van der Waals surface area contributed by atoms with Crippen LogP contribution < -0.4 is 0 Å². The summed E-state index contributed by atoms with van der Waals surface area (Å²) in [4.78, 5) is 18.5. The summed E-state index contributed by atoms with van der Waals surface area (Å²) in [7, 11) is 0. The van der Waals surface area contributed by atoms with Gasteiger partial charge in [-0.25, -0.2) is 4.98 Å². The molecule has 0 saturated carbocycles. The maximum Gasteiger partial charge on any atom is 0.313 e. The Hall–Kier alpha value is -0.980. The molecule has 2 aromatic heterocycles. The summed E-state index contributed by atoms with van der Waals surface area (Å²) in [5.74, 6) is -0.861. The monoisotopic (exact) mass is 274 g/mol. The van der Waals surface area contributed by atoms with Crippen LogP contribution in [0.25, 0.3) is 10.6 Å². The number of carbonyl (C=O) groups is 1. The third-order valence-corrected chi connectivity index (χ3v) is 3.86. The first-order valence-corrected chi connectivity index (χ1v) is 6.48. The van der Waals surface area contributed by atoms with E-state index < -0.39 is 5.97 Å².